The molecule has 2 atom stereocenters. The first kappa shape index (κ1) is 11.5. The zero-order valence-corrected chi connectivity index (χ0v) is 10.7. The highest BCUT2D eigenvalue weighted by atomic mass is 35.5. The Balaban J connectivity index is 1.90. The first-order chi connectivity index (χ1) is 8.29. The summed E-state index contributed by atoms with van der Waals surface area (Å²) in [6.45, 7) is 1.98. The van der Waals surface area contributed by atoms with Crippen molar-refractivity contribution in [3.63, 3.8) is 0 Å². The molecule has 92 valence electrons. The van der Waals surface area contributed by atoms with Gasteiger partial charge in [0, 0.05) is 17.1 Å². The Morgan fingerprint density at radius 2 is 2.12 bits per heavy atom. The summed E-state index contributed by atoms with van der Waals surface area (Å²) in [7, 11) is 0. The third-order valence-electron chi connectivity index (χ3n) is 4.07. The summed E-state index contributed by atoms with van der Waals surface area (Å²) in [6, 6.07) is 9.59. The Morgan fingerprint density at radius 3 is 2.76 bits per heavy atom. The quantitative estimate of drug-likeness (QED) is 0.894. The molecular formula is C14H19ClN2. The maximum absolute atomic E-state index is 6.11. The lowest BCUT2D eigenvalue weighted by Crippen LogP contribution is -2.29. The second-order valence-corrected chi connectivity index (χ2v) is 5.69. The number of nitrogens with zero attached hydrogens (tertiary/aromatic N) is 1. The molecule has 3 heteroatoms. The molecule has 1 aromatic rings. The van der Waals surface area contributed by atoms with Crippen molar-refractivity contribution >= 4 is 11.6 Å². The fourth-order valence-electron chi connectivity index (χ4n) is 3.10. The van der Waals surface area contributed by atoms with Gasteiger partial charge in [-0.25, -0.2) is 0 Å². The second kappa shape index (κ2) is 4.60. The van der Waals surface area contributed by atoms with Crippen molar-refractivity contribution in [2.45, 2.75) is 31.3 Å². The number of nitrogens with two attached hydrogens (primary N) is 1. The lowest BCUT2D eigenvalue weighted by atomic mass is 9.94. The van der Waals surface area contributed by atoms with E-state index in [1.807, 2.05) is 6.07 Å². The maximum Gasteiger partial charge on any atom is 0.0409 e. The van der Waals surface area contributed by atoms with Gasteiger partial charge in [-0.3, -0.25) is 4.90 Å². The third kappa shape index (κ3) is 2.22. The molecule has 17 heavy (non-hydrogen) atoms. The van der Waals surface area contributed by atoms with E-state index in [4.69, 9.17) is 17.3 Å². The average Bonchev–Trinajstić information content (AvgIpc) is 3.08. The number of halogens is 1. The van der Waals surface area contributed by atoms with Crippen molar-refractivity contribution in [1.82, 2.24) is 4.90 Å². The van der Waals surface area contributed by atoms with Gasteiger partial charge in [0.25, 0.3) is 0 Å². The number of hydrogen-bond donors (Lipinski definition) is 1. The molecule has 2 N–H and O–H groups in total. The van der Waals surface area contributed by atoms with Gasteiger partial charge in [-0.15, -0.1) is 0 Å². The van der Waals surface area contributed by atoms with Crippen LogP contribution in [0.4, 0.5) is 0 Å². The highest BCUT2D eigenvalue weighted by molar-refractivity contribution is 6.30. The van der Waals surface area contributed by atoms with Gasteiger partial charge in [-0.1, -0.05) is 23.7 Å². The Hall–Kier alpha value is -0.570. The summed E-state index contributed by atoms with van der Waals surface area (Å²) >= 11 is 6.11. The summed E-state index contributed by atoms with van der Waals surface area (Å²) < 4.78 is 0. The third-order valence-corrected chi connectivity index (χ3v) is 4.31. The van der Waals surface area contributed by atoms with Crippen molar-refractivity contribution in [3.8, 4) is 0 Å². The minimum atomic E-state index is 0.492. The lowest BCUT2D eigenvalue weighted by molar-refractivity contribution is 0.220. The zero-order chi connectivity index (χ0) is 11.8. The summed E-state index contributed by atoms with van der Waals surface area (Å²) in [6.07, 6.45) is 3.94. The molecule has 2 unspecified atom stereocenters. The van der Waals surface area contributed by atoms with E-state index in [9.17, 15) is 0 Å². The Kier molecular flexibility index (Phi) is 3.12. The average molecular weight is 251 g/mol. The minimum absolute atomic E-state index is 0.492. The summed E-state index contributed by atoms with van der Waals surface area (Å²) in [5.41, 5.74) is 7.27. The first-order valence-electron chi connectivity index (χ1n) is 6.51. The monoisotopic (exact) mass is 250 g/mol. The molecule has 1 aliphatic heterocycles. The van der Waals surface area contributed by atoms with E-state index in [0.29, 0.717) is 12.0 Å². The van der Waals surface area contributed by atoms with Crippen molar-refractivity contribution in [3.05, 3.63) is 34.9 Å². The van der Waals surface area contributed by atoms with Crippen LogP contribution in [0.2, 0.25) is 5.02 Å². The van der Waals surface area contributed by atoms with Crippen LogP contribution >= 0.6 is 11.6 Å². The molecule has 2 aliphatic rings. The van der Waals surface area contributed by atoms with Gasteiger partial charge in [-0.2, -0.15) is 0 Å². The molecule has 0 amide bonds. The van der Waals surface area contributed by atoms with Gasteiger partial charge in [0.2, 0.25) is 0 Å². The summed E-state index contributed by atoms with van der Waals surface area (Å²) in [4.78, 5) is 2.64. The van der Waals surface area contributed by atoms with Crippen molar-refractivity contribution in [1.29, 1.82) is 0 Å². The topological polar surface area (TPSA) is 29.3 Å². The van der Waals surface area contributed by atoms with Crippen LogP contribution in [0.3, 0.4) is 0 Å². The van der Waals surface area contributed by atoms with Gasteiger partial charge in [0.15, 0.2) is 0 Å². The second-order valence-electron chi connectivity index (χ2n) is 5.25. The van der Waals surface area contributed by atoms with E-state index in [2.05, 4.69) is 23.1 Å². The van der Waals surface area contributed by atoms with Crippen LogP contribution in [0, 0.1) is 5.92 Å². The standard InChI is InChI=1S/C14H19ClN2/c15-12-3-1-2-10(8-12)14-11(9-16)6-7-17(14)13-4-5-13/h1-3,8,11,13-14H,4-7,9,16H2. The maximum atomic E-state index is 6.11. The molecule has 0 radical (unpaired) electrons. The molecule has 1 heterocycles. The van der Waals surface area contributed by atoms with Gasteiger partial charge in [-0.05, 0) is 56.0 Å². The zero-order valence-electron chi connectivity index (χ0n) is 9.98. The van der Waals surface area contributed by atoms with E-state index in [1.54, 1.807) is 0 Å². The Morgan fingerprint density at radius 1 is 1.29 bits per heavy atom. The lowest BCUT2D eigenvalue weighted by Gasteiger charge is -2.28. The SMILES string of the molecule is NCC1CCN(C2CC2)C1c1cccc(Cl)c1. The van der Waals surface area contributed by atoms with Crippen molar-refractivity contribution in [2.24, 2.45) is 11.7 Å². The van der Waals surface area contributed by atoms with Gasteiger partial charge < -0.3 is 5.73 Å². The minimum Gasteiger partial charge on any atom is -0.330 e. The molecule has 0 spiro atoms. The van der Waals surface area contributed by atoms with Crippen molar-refractivity contribution in [2.75, 3.05) is 13.1 Å². The molecular weight excluding hydrogens is 232 g/mol. The van der Waals surface area contributed by atoms with Gasteiger partial charge in [0.05, 0.1) is 0 Å². The highest BCUT2D eigenvalue weighted by Crippen LogP contribution is 2.44. The smallest absolute Gasteiger partial charge is 0.0409 e. The predicted octanol–water partition coefficient (Wildman–Crippen LogP) is 2.82. The van der Waals surface area contributed by atoms with Crippen LogP contribution in [0.25, 0.3) is 0 Å². The normalized spacial score (nSPS) is 29.8. The predicted molar refractivity (Wildman–Crippen MR) is 71.1 cm³/mol. The van der Waals surface area contributed by atoms with Crippen LogP contribution in [-0.4, -0.2) is 24.0 Å². The number of hydrogen-bond acceptors (Lipinski definition) is 2. The van der Waals surface area contributed by atoms with Gasteiger partial charge >= 0.3 is 0 Å². The molecule has 2 nitrogen and oxygen atoms in total. The molecule has 1 saturated heterocycles. The number of rotatable bonds is 3. The largest absolute Gasteiger partial charge is 0.330 e. The van der Waals surface area contributed by atoms with E-state index in [0.717, 1.165) is 17.6 Å². The Labute approximate surface area is 108 Å². The molecule has 0 bridgehead atoms. The van der Waals surface area contributed by atoms with Gasteiger partial charge in [0.1, 0.15) is 0 Å². The molecule has 1 aliphatic carbocycles. The molecule has 2 fully saturated rings. The first-order valence-corrected chi connectivity index (χ1v) is 6.88. The molecule has 3 rings (SSSR count). The van der Waals surface area contributed by atoms with Crippen LogP contribution < -0.4 is 5.73 Å². The highest BCUT2D eigenvalue weighted by Gasteiger charge is 2.41. The fraction of sp³-hybridized carbons (Fsp3) is 0.571. The Bertz CT molecular complexity index is 403. The molecule has 1 aromatic carbocycles. The summed E-state index contributed by atoms with van der Waals surface area (Å²) in [5, 5.41) is 0.834. The fourth-order valence-corrected chi connectivity index (χ4v) is 3.30. The summed E-state index contributed by atoms with van der Waals surface area (Å²) in [5.74, 6) is 0.592. The van der Waals surface area contributed by atoms with Crippen molar-refractivity contribution < 1.29 is 0 Å². The van der Waals surface area contributed by atoms with Crippen LogP contribution in [0.5, 0.6) is 0 Å². The van der Waals surface area contributed by atoms with E-state index >= 15 is 0 Å². The van der Waals surface area contributed by atoms with Crippen LogP contribution in [0.1, 0.15) is 30.9 Å². The van der Waals surface area contributed by atoms with E-state index in [1.165, 1.54) is 31.4 Å². The molecule has 1 saturated carbocycles. The van der Waals surface area contributed by atoms with E-state index in [-0.39, 0.29) is 0 Å². The van der Waals surface area contributed by atoms with Crippen LogP contribution in [-0.2, 0) is 0 Å². The number of benzene rings is 1. The van der Waals surface area contributed by atoms with E-state index < -0.39 is 0 Å². The van der Waals surface area contributed by atoms with Crippen LogP contribution in [0.15, 0.2) is 24.3 Å². The number of likely N-dealkylation sites (tertiary alicyclic amines) is 1. The molecule has 0 aromatic heterocycles.